The van der Waals surface area contributed by atoms with Crippen LogP contribution in [-0.4, -0.2) is 67.7 Å². The van der Waals surface area contributed by atoms with Crippen molar-refractivity contribution in [2.75, 3.05) is 26.2 Å². The third kappa shape index (κ3) is 4.27. The first-order valence-corrected chi connectivity index (χ1v) is 11.1. The first-order valence-electron chi connectivity index (χ1n) is 11.1. The Morgan fingerprint density at radius 3 is 1.47 bits per heavy atom. The minimum absolute atomic E-state index is 0.103. The van der Waals surface area contributed by atoms with Crippen LogP contribution >= 0.6 is 0 Å². The molecule has 2 saturated heterocycles. The Hall–Kier alpha value is -2.64. The highest BCUT2D eigenvalue weighted by Gasteiger charge is 2.35. The summed E-state index contributed by atoms with van der Waals surface area (Å²) < 4.78 is 0. The minimum Gasteiger partial charge on any atom is -0.348 e. The molecule has 2 aromatic rings. The molecule has 2 aliphatic rings. The fraction of sp³-hybridized carbons (Fsp3) is 0.636. The molecule has 8 nitrogen and oxygen atoms in total. The van der Waals surface area contributed by atoms with E-state index < -0.39 is 0 Å². The zero-order valence-electron chi connectivity index (χ0n) is 17.9. The van der Waals surface area contributed by atoms with E-state index in [-0.39, 0.29) is 23.7 Å². The van der Waals surface area contributed by atoms with E-state index in [1.54, 1.807) is 12.7 Å². The van der Waals surface area contributed by atoms with Crippen LogP contribution in [-0.2, 0) is 9.59 Å². The van der Waals surface area contributed by atoms with E-state index in [1.165, 1.54) is 0 Å². The molecule has 0 aromatic carbocycles. The summed E-state index contributed by atoms with van der Waals surface area (Å²) in [7, 11) is 0. The number of aromatic nitrogens is 4. The normalized spacial score (nSPS) is 20.9. The van der Waals surface area contributed by atoms with Crippen LogP contribution in [0.1, 0.15) is 62.8 Å². The maximum absolute atomic E-state index is 13.1. The van der Waals surface area contributed by atoms with Gasteiger partial charge in [0.1, 0.15) is 0 Å². The molecule has 4 heterocycles. The number of amides is 2. The lowest BCUT2D eigenvalue weighted by Gasteiger charge is -2.36. The Labute approximate surface area is 177 Å². The van der Waals surface area contributed by atoms with Gasteiger partial charge >= 0.3 is 0 Å². The van der Waals surface area contributed by atoms with Crippen molar-refractivity contribution in [3.05, 3.63) is 36.4 Å². The number of carbonyl (C=O) groups is 2. The second-order valence-electron chi connectivity index (χ2n) is 8.79. The monoisotopic (exact) mass is 412 g/mol. The molecule has 0 radical (unpaired) electrons. The number of aromatic amines is 2. The number of piperidine rings is 2. The summed E-state index contributed by atoms with van der Waals surface area (Å²) >= 11 is 0. The summed E-state index contributed by atoms with van der Waals surface area (Å²) in [6.45, 7) is 6.77. The predicted octanol–water partition coefficient (Wildman–Crippen LogP) is 2.52. The highest BCUT2D eigenvalue weighted by atomic mass is 16.2. The summed E-state index contributed by atoms with van der Waals surface area (Å²) in [5.41, 5.74) is 2.30. The lowest BCUT2D eigenvalue weighted by molar-refractivity contribution is -0.146. The van der Waals surface area contributed by atoms with Gasteiger partial charge in [-0.05, 0) is 25.7 Å². The van der Waals surface area contributed by atoms with Crippen molar-refractivity contribution in [1.82, 2.24) is 29.7 Å². The van der Waals surface area contributed by atoms with Crippen molar-refractivity contribution in [1.29, 1.82) is 0 Å². The van der Waals surface area contributed by atoms with E-state index in [9.17, 15) is 9.59 Å². The lowest BCUT2D eigenvalue weighted by Crippen LogP contribution is -2.47. The van der Waals surface area contributed by atoms with Crippen LogP contribution in [0.25, 0.3) is 0 Å². The van der Waals surface area contributed by atoms with E-state index >= 15 is 0 Å². The molecule has 4 rings (SSSR count). The number of nitrogens with one attached hydrogen (secondary N) is 2. The van der Waals surface area contributed by atoms with Crippen LogP contribution in [0.15, 0.2) is 25.0 Å². The molecule has 2 fully saturated rings. The second-order valence-corrected chi connectivity index (χ2v) is 8.79. The number of imidazole rings is 2. The van der Waals surface area contributed by atoms with E-state index in [0.29, 0.717) is 11.8 Å². The summed E-state index contributed by atoms with van der Waals surface area (Å²) in [6, 6.07) is 0. The molecular weight excluding hydrogens is 380 g/mol. The molecule has 0 aliphatic carbocycles. The first-order chi connectivity index (χ1) is 14.5. The second kappa shape index (κ2) is 9.02. The number of likely N-dealkylation sites (tertiary alicyclic amines) is 2. The van der Waals surface area contributed by atoms with Gasteiger partial charge in [-0.2, -0.15) is 0 Å². The third-order valence-electron chi connectivity index (χ3n) is 7.06. The van der Waals surface area contributed by atoms with Crippen LogP contribution < -0.4 is 0 Å². The standard InChI is InChI=1S/C22H32N6O2/c1-15(21(29)27-7-3-17(4-8-27)19-11-23-13-25-19)16(2)22(30)28-9-5-18(6-10-28)20-12-24-14-26-20/h11-18H,3-10H2,1-2H3,(H,23,25)(H,24,26). The Bertz CT molecular complexity index is 748. The van der Waals surface area contributed by atoms with Gasteiger partial charge in [-0.3, -0.25) is 9.59 Å². The van der Waals surface area contributed by atoms with E-state index in [2.05, 4.69) is 19.9 Å². The molecule has 0 bridgehead atoms. The Balaban J connectivity index is 1.27. The zero-order valence-corrected chi connectivity index (χ0v) is 17.9. The van der Waals surface area contributed by atoms with Crippen molar-refractivity contribution < 1.29 is 9.59 Å². The predicted molar refractivity (Wildman–Crippen MR) is 113 cm³/mol. The van der Waals surface area contributed by atoms with Gasteiger partial charge in [-0.15, -0.1) is 0 Å². The molecule has 2 N–H and O–H groups in total. The summed E-state index contributed by atoms with van der Waals surface area (Å²) in [6.07, 6.45) is 10.9. The van der Waals surface area contributed by atoms with Crippen molar-refractivity contribution in [2.45, 2.75) is 51.4 Å². The maximum atomic E-state index is 13.1. The number of rotatable bonds is 5. The van der Waals surface area contributed by atoms with Gasteiger partial charge in [0.2, 0.25) is 11.8 Å². The van der Waals surface area contributed by atoms with Gasteiger partial charge in [0, 0.05) is 73.6 Å². The maximum Gasteiger partial charge on any atom is 0.226 e. The number of H-pyrrole nitrogens is 2. The van der Waals surface area contributed by atoms with Crippen LogP contribution in [0.2, 0.25) is 0 Å². The Kier molecular flexibility index (Phi) is 6.20. The first kappa shape index (κ1) is 20.6. The van der Waals surface area contributed by atoms with Gasteiger partial charge in [0.25, 0.3) is 0 Å². The average Bonchev–Trinajstić information content (AvgIpc) is 3.52. The summed E-state index contributed by atoms with van der Waals surface area (Å²) in [5.74, 6) is 0.472. The third-order valence-corrected chi connectivity index (χ3v) is 7.06. The molecule has 0 saturated carbocycles. The van der Waals surface area contributed by atoms with Crippen molar-refractivity contribution >= 4 is 11.8 Å². The molecular formula is C22H32N6O2. The molecule has 162 valence electrons. The zero-order chi connectivity index (χ0) is 21.1. The van der Waals surface area contributed by atoms with Crippen LogP contribution in [0.3, 0.4) is 0 Å². The van der Waals surface area contributed by atoms with Crippen molar-refractivity contribution in [2.24, 2.45) is 11.8 Å². The molecule has 2 unspecified atom stereocenters. The van der Waals surface area contributed by atoms with Crippen LogP contribution in [0, 0.1) is 11.8 Å². The van der Waals surface area contributed by atoms with E-state index in [1.807, 2.05) is 36.0 Å². The summed E-state index contributed by atoms with van der Waals surface area (Å²) in [5, 5.41) is 0. The van der Waals surface area contributed by atoms with Gasteiger partial charge < -0.3 is 19.8 Å². The average molecular weight is 413 g/mol. The van der Waals surface area contributed by atoms with Gasteiger partial charge in [-0.25, -0.2) is 9.97 Å². The smallest absolute Gasteiger partial charge is 0.226 e. The summed E-state index contributed by atoms with van der Waals surface area (Å²) in [4.78, 5) is 44.6. The highest BCUT2D eigenvalue weighted by molar-refractivity contribution is 5.87. The fourth-order valence-electron chi connectivity index (χ4n) is 4.81. The van der Waals surface area contributed by atoms with Crippen LogP contribution in [0.4, 0.5) is 0 Å². The number of carbonyl (C=O) groups excluding carboxylic acids is 2. The molecule has 2 atom stereocenters. The molecule has 2 aromatic heterocycles. The SMILES string of the molecule is CC(C(=O)N1CCC(c2cnc[nH]2)CC1)C(C)C(=O)N1CCC(c2cnc[nH]2)CC1. The topological polar surface area (TPSA) is 98.0 Å². The van der Waals surface area contributed by atoms with E-state index in [0.717, 1.165) is 63.3 Å². The quantitative estimate of drug-likeness (QED) is 0.788. The van der Waals surface area contributed by atoms with Gasteiger partial charge in [-0.1, -0.05) is 13.8 Å². The number of hydrogen-bond donors (Lipinski definition) is 2. The number of nitrogens with zero attached hydrogens (tertiary/aromatic N) is 4. The lowest BCUT2D eigenvalue weighted by atomic mass is 9.88. The van der Waals surface area contributed by atoms with E-state index in [4.69, 9.17) is 0 Å². The number of hydrogen-bond acceptors (Lipinski definition) is 4. The highest BCUT2D eigenvalue weighted by Crippen LogP contribution is 2.30. The molecule has 30 heavy (non-hydrogen) atoms. The Morgan fingerprint density at radius 2 is 1.17 bits per heavy atom. The van der Waals surface area contributed by atoms with Crippen LogP contribution in [0.5, 0.6) is 0 Å². The minimum atomic E-state index is -0.300. The Morgan fingerprint density at radius 1 is 0.800 bits per heavy atom. The largest absolute Gasteiger partial charge is 0.348 e. The molecule has 2 aliphatic heterocycles. The van der Waals surface area contributed by atoms with Crippen molar-refractivity contribution in [3.63, 3.8) is 0 Å². The fourth-order valence-corrected chi connectivity index (χ4v) is 4.81. The van der Waals surface area contributed by atoms with Crippen molar-refractivity contribution in [3.8, 4) is 0 Å². The molecule has 2 amide bonds. The van der Waals surface area contributed by atoms with Gasteiger partial charge in [0.05, 0.1) is 12.7 Å². The van der Waals surface area contributed by atoms with Gasteiger partial charge in [0.15, 0.2) is 0 Å². The molecule has 8 heteroatoms. The molecule has 0 spiro atoms.